The molecule has 1 aromatic heterocycles. The Morgan fingerprint density at radius 2 is 2.19 bits per heavy atom. The van der Waals surface area contributed by atoms with Crippen LogP contribution in [0.25, 0.3) is 0 Å². The third-order valence-corrected chi connectivity index (χ3v) is 3.08. The van der Waals surface area contributed by atoms with E-state index in [1.165, 1.54) is 0 Å². The predicted octanol–water partition coefficient (Wildman–Crippen LogP) is 2.29. The summed E-state index contributed by atoms with van der Waals surface area (Å²) >= 11 is 0. The van der Waals surface area contributed by atoms with Crippen molar-refractivity contribution in [2.75, 3.05) is 20.3 Å². The standard InChI is InChI=1S/C13H17NO2/c1-15-9-5-13(6-10-16-11-7-13)12-4-2-3-8-14-12/h2-5,8-9H,6-7,10-11H2,1H3. The van der Waals surface area contributed by atoms with E-state index in [-0.39, 0.29) is 5.41 Å². The highest BCUT2D eigenvalue weighted by molar-refractivity contribution is 5.24. The molecule has 16 heavy (non-hydrogen) atoms. The molecule has 0 saturated carbocycles. The fraction of sp³-hybridized carbons (Fsp3) is 0.462. The SMILES string of the molecule is COC=CC1(c2ccccn2)CCOCC1. The van der Waals surface area contributed by atoms with Crippen LogP contribution >= 0.6 is 0 Å². The fourth-order valence-corrected chi connectivity index (χ4v) is 2.10. The molecule has 2 heterocycles. The van der Waals surface area contributed by atoms with Crippen LogP contribution in [0.1, 0.15) is 18.5 Å². The summed E-state index contributed by atoms with van der Waals surface area (Å²) in [5.41, 5.74) is 1.09. The number of aromatic nitrogens is 1. The monoisotopic (exact) mass is 219 g/mol. The van der Waals surface area contributed by atoms with E-state index in [9.17, 15) is 0 Å². The quantitative estimate of drug-likeness (QED) is 0.731. The van der Waals surface area contributed by atoms with Crippen LogP contribution in [0.3, 0.4) is 0 Å². The van der Waals surface area contributed by atoms with Gasteiger partial charge in [-0.05, 0) is 31.1 Å². The maximum atomic E-state index is 5.42. The van der Waals surface area contributed by atoms with Crippen molar-refractivity contribution < 1.29 is 9.47 Å². The molecular formula is C13H17NO2. The number of hydrogen-bond acceptors (Lipinski definition) is 3. The summed E-state index contributed by atoms with van der Waals surface area (Å²) in [6, 6.07) is 6.04. The topological polar surface area (TPSA) is 31.4 Å². The van der Waals surface area contributed by atoms with Gasteiger partial charge in [-0.15, -0.1) is 0 Å². The number of rotatable bonds is 3. The largest absolute Gasteiger partial charge is 0.505 e. The van der Waals surface area contributed by atoms with Crippen LogP contribution in [0.5, 0.6) is 0 Å². The molecule has 1 aliphatic rings. The lowest BCUT2D eigenvalue weighted by Crippen LogP contribution is -2.32. The van der Waals surface area contributed by atoms with Crippen LogP contribution in [-0.2, 0) is 14.9 Å². The number of allylic oxidation sites excluding steroid dienone is 1. The van der Waals surface area contributed by atoms with Crippen LogP contribution < -0.4 is 0 Å². The predicted molar refractivity (Wildman–Crippen MR) is 62.1 cm³/mol. The number of ether oxygens (including phenoxy) is 2. The average molecular weight is 219 g/mol. The van der Waals surface area contributed by atoms with Crippen LogP contribution in [0.4, 0.5) is 0 Å². The first kappa shape index (κ1) is 11.1. The third-order valence-electron chi connectivity index (χ3n) is 3.08. The zero-order valence-corrected chi connectivity index (χ0v) is 9.56. The molecule has 1 aromatic rings. The van der Waals surface area contributed by atoms with Crippen molar-refractivity contribution in [2.45, 2.75) is 18.3 Å². The van der Waals surface area contributed by atoms with Gasteiger partial charge in [0.1, 0.15) is 0 Å². The fourth-order valence-electron chi connectivity index (χ4n) is 2.10. The number of hydrogen-bond donors (Lipinski definition) is 0. The molecule has 0 N–H and O–H groups in total. The summed E-state index contributed by atoms with van der Waals surface area (Å²) in [6.45, 7) is 1.56. The van der Waals surface area contributed by atoms with Gasteiger partial charge < -0.3 is 9.47 Å². The van der Waals surface area contributed by atoms with Gasteiger partial charge in [0.15, 0.2) is 0 Å². The summed E-state index contributed by atoms with van der Waals surface area (Å²) in [5.74, 6) is 0. The van der Waals surface area contributed by atoms with E-state index in [1.54, 1.807) is 13.4 Å². The molecule has 3 heteroatoms. The Bertz CT molecular complexity index is 342. The van der Waals surface area contributed by atoms with Gasteiger partial charge in [0, 0.05) is 24.8 Å². The van der Waals surface area contributed by atoms with E-state index >= 15 is 0 Å². The van der Waals surface area contributed by atoms with Gasteiger partial charge >= 0.3 is 0 Å². The summed E-state index contributed by atoms with van der Waals surface area (Å²) in [6.07, 6.45) is 7.62. The van der Waals surface area contributed by atoms with Gasteiger partial charge in [0.2, 0.25) is 0 Å². The normalized spacial score (nSPS) is 19.8. The molecule has 1 saturated heterocycles. The Hall–Kier alpha value is -1.35. The molecule has 0 amide bonds. The van der Waals surface area contributed by atoms with Crippen molar-refractivity contribution in [1.82, 2.24) is 4.98 Å². The van der Waals surface area contributed by atoms with Crippen molar-refractivity contribution in [3.8, 4) is 0 Å². The zero-order valence-electron chi connectivity index (χ0n) is 9.56. The molecule has 86 valence electrons. The lowest BCUT2D eigenvalue weighted by molar-refractivity contribution is 0.0634. The number of pyridine rings is 1. The molecular weight excluding hydrogens is 202 g/mol. The van der Waals surface area contributed by atoms with Crippen LogP contribution in [0.15, 0.2) is 36.7 Å². The third kappa shape index (κ3) is 2.25. The van der Waals surface area contributed by atoms with Gasteiger partial charge in [-0.1, -0.05) is 6.07 Å². The first-order valence-electron chi connectivity index (χ1n) is 5.57. The van der Waals surface area contributed by atoms with Gasteiger partial charge in [-0.3, -0.25) is 4.98 Å². The maximum absolute atomic E-state index is 5.42. The van der Waals surface area contributed by atoms with Crippen molar-refractivity contribution >= 4 is 0 Å². The van der Waals surface area contributed by atoms with Crippen molar-refractivity contribution in [2.24, 2.45) is 0 Å². The molecule has 0 bridgehead atoms. The molecule has 0 atom stereocenters. The highest BCUT2D eigenvalue weighted by atomic mass is 16.5. The smallest absolute Gasteiger partial charge is 0.0794 e. The van der Waals surface area contributed by atoms with Gasteiger partial charge in [-0.2, -0.15) is 0 Å². The van der Waals surface area contributed by atoms with E-state index in [0.29, 0.717) is 0 Å². The molecule has 0 radical (unpaired) electrons. The second kappa shape index (κ2) is 5.12. The van der Waals surface area contributed by atoms with Crippen LogP contribution in [0, 0.1) is 0 Å². The van der Waals surface area contributed by atoms with Gasteiger partial charge in [-0.25, -0.2) is 0 Å². The van der Waals surface area contributed by atoms with Gasteiger partial charge in [0.05, 0.1) is 19.1 Å². The first-order valence-corrected chi connectivity index (χ1v) is 5.57. The van der Waals surface area contributed by atoms with Gasteiger partial charge in [0.25, 0.3) is 0 Å². The number of nitrogens with zero attached hydrogens (tertiary/aromatic N) is 1. The van der Waals surface area contributed by atoms with Crippen LogP contribution in [0.2, 0.25) is 0 Å². The second-order valence-corrected chi connectivity index (χ2v) is 4.02. The maximum Gasteiger partial charge on any atom is 0.0794 e. The molecule has 0 spiro atoms. The first-order chi connectivity index (χ1) is 7.87. The molecule has 1 aliphatic heterocycles. The number of methoxy groups -OCH3 is 1. The average Bonchev–Trinajstić information content (AvgIpc) is 2.38. The van der Waals surface area contributed by atoms with E-state index in [1.807, 2.05) is 18.3 Å². The minimum Gasteiger partial charge on any atom is -0.505 e. The van der Waals surface area contributed by atoms with E-state index in [0.717, 1.165) is 31.7 Å². The Balaban J connectivity index is 2.30. The molecule has 2 rings (SSSR count). The summed E-state index contributed by atoms with van der Waals surface area (Å²) in [4.78, 5) is 4.47. The molecule has 0 aromatic carbocycles. The zero-order chi connectivity index (χ0) is 11.3. The van der Waals surface area contributed by atoms with Crippen molar-refractivity contribution in [3.63, 3.8) is 0 Å². The Morgan fingerprint density at radius 1 is 1.38 bits per heavy atom. The molecule has 3 nitrogen and oxygen atoms in total. The van der Waals surface area contributed by atoms with E-state index < -0.39 is 0 Å². The minimum absolute atomic E-state index is 0.0183. The van der Waals surface area contributed by atoms with E-state index in [2.05, 4.69) is 17.1 Å². The van der Waals surface area contributed by atoms with Crippen LogP contribution in [-0.4, -0.2) is 25.3 Å². The second-order valence-electron chi connectivity index (χ2n) is 4.02. The molecule has 1 fully saturated rings. The summed E-state index contributed by atoms with van der Waals surface area (Å²) in [7, 11) is 1.67. The lowest BCUT2D eigenvalue weighted by atomic mass is 9.77. The van der Waals surface area contributed by atoms with Crippen molar-refractivity contribution in [1.29, 1.82) is 0 Å². The highest BCUT2D eigenvalue weighted by Crippen LogP contribution is 2.34. The molecule has 0 unspecified atom stereocenters. The summed E-state index contributed by atoms with van der Waals surface area (Å²) < 4.78 is 10.5. The van der Waals surface area contributed by atoms with Crippen molar-refractivity contribution in [3.05, 3.63) is 42.4 Å². The Kier molecular flexibility index (Phi) is 3.57. The summed E-state index contributed by atoms with van der Waals surface area (Å²) in [5, 5.41) is 0. The minimum atomic E-state index is -0.0183. The lowest BCUT2D eigenvalue weighted by Gasteiger charge is -2.33. The highest BCUT2D eigenvalue weighted by Gasteiger charge is 2.33. The Morgan fingerprint density at radius 3 is 2.81 bits per heavy atom. The van der Waals surface area contributed by atoms with E-state index in [4.69, 9.17) is 9.47 Å². The Labute approximate surface area is 96.1 Å². The molecule has 0 aliphatic carbocycles.